The molecule has 0 radical (unpaired) electrons. The number of hydrogen-bond acceptors (Lipinski definition) is 3. The monoisotopic (exact) mass is 506 g/mol. The normalized spacial score (nSPS) is 22.4. The lowest BCUT2D eigenvalue weighted by atomic mass is 9.72. The van der Waals surface area contributed by atoms with E-state index >= 15 is 0 Å². The zero-order chi connectivity index (χ0) is 27.4. The van der Waals surface area contributed by atoms with Crippen LogP contribution in [0.2, 0.25) is 0 Å². The first-order valence-electron chi connectivity index (χ1n) is 14.3. The van der Waals surface area contributed by atoms with E-state index in [1.807, 2.05) is 0 Å². The molecule has 1 fully saturated rings. The van der Waals surface area contributed by atoms with Gasteiger partial charge in [0.1, 0.15) is 0 Å². The van der Waals surface area contributed by atoms with E-state index in [1.165, 1.54) is 33.4 Å². The Kier molecular flexibility index (Phi) is 13.1. The summed E-state index contributed by atoms with van der Waals surface area (Å²) < 4.78 is 5.08. The third kappa shape index (κ3) is 11.2. The molecule has 1 heterocycles. The van der Waals surface area contributed by atoms with Crippen molar-refractivity contribution >= 4 is 11.9 Å². The molecule has 0 aromatic rings. The van der Waals surface area contributed by atoms with Gasteiger partial charge in [0, 0.05) is 0 Å². The highest BCUT2D eigenvalue weighted by Crippen LogP contribution is 2.42. The Balaban J connectivity index is 1.96. The third-order valence-electron chi connectivity index (χ3n) is 7.51. The first-order chi connectivity index (χ1) is 17.6. The highest BCUT2D eigenvalue weighted by Gasteiger charge is 2.49. The molecule has 0 spiro atoms. The summed E-state index contributed by atoms with van der Waals surface area (Å²) in [5, 5.41) is 0. The van der Waals surface area contributed by atoms with E-state index < -0.39 is 0 Å². The minimum absolute atomic E-state index is 0.0479. The zero-order valence-electron chi connectivity index (χ0n) is 24.5. The predicted octanol–water partition coefficient (Wildman–Crippen LogP) is 9.53. The summed E-state index contributed by atoms with van der Waals surface area (Å²) in [6.45, 7) is 15.2. The molecular formula is C34H50O3. The van der Waals surface area contributed by atoms with Crippen LogP contribution >= 0.6 is 0 Å². The molecule has 1 aliphatic heterocycles. The number of hydrogen-bond donors (Lipinski definition) is 0. The first-order valence-corrected chi connectivity index (χ1v) is 14.3. The highest BCUT2D eigenvalue weighted by atomic mass is 16.6. The molecular weight excluding hydrogens is 456 g/mol. The van der Waals surface area contributed by atoms with E-state index in [0.29, 0.717) is 6.42 Å². The van der Waals surface area contributed by atoms with Crippen LogP contribution in [-0.4, -0.2) is 11.9 Å². The quantitative estimate of drug-likeness (QED) is 0.134. The van der Waals surface area contributed by atoms with Gasteiger partial charge >= 0.3 is 11.9 Å². The molecule has 0 bridgehead atoms. The van der Waals surface area contributed by atoms with Gasteiger partial charge in [0.05, 0.1) is 11.8 Å². The molecule has 1 aliphatic carbocycles. The number of allylic oxidation sites excluding steroid dienone is 12. The molecule has 0 saturated carbocycles. The lowest BCUT2D eigenvalue weighted by Crippen LogP contribution is -2.29. The Morgan fingerprint density at radius 1 is 0.730 bits per heavy atom. The van der Waals surface area contributed by atoms with Crippen LogP contribution in [0.15, 0.2) is 69.9 Å². The second kappa shape index (κ2) is 15.7. The second-order valence-corrected chi connectivity index (χ2v) is 11.7. The molecule has 0 amide bonds. The van der Waals surface area contributed by atoms with E-state index in [9.17, 15) is 9.59 Å². The standard InChI is InChI=1S/C34H50O3/c1-24(2)12-8-14-26(5)16-10-17-28(7)20-21-30-22-29(23-31-32(30)34(36)37-33(31)35)19-11-18-27(6)15-9-13-25(3)4/h12-13,16,18,20,22,30-32H,8-11,14-15,17,19,21,23H2,1-7H3. The van der Waals surface area contributed by atoms with Crippen LogP contribution in [0.3, 0.4) is 0 Å². The van der Waals surface area contributed by atoms with Crippen molar-refractivity contribution in [2.24, 2.45) is 17.8 Å². The Bertz CT molecular complexity index is 975. The van der Waals surface area contributed by atoms with Gasteiger partial charge in [-0.05, 0) is 119 Å². The van der Waals surface area contributed by atoms with Crippen LogP contribution in [0, 0.1) is 17.8 Å². The molecule has 1 saturated heterocycles. The summed E-state index contributed by atoms with van der Waals surface area (Å²) in [4.78, 5) is 24.9. The summed E-state index contributed by atoms with van der Waals surface area (Å²) in [5.41, 5.74) is 8.25. The number of rotatable bonds is 14. The van der Waals surface area contributed by atoms with Crippen LogP contribution in [0.4, 0.5) is 0 Å². The fraction of sp³-hybridized carbons (Fsp3) is 0.588. The van der Waals surface area contributed by atoms with Gasteiger partial charge < -0.3 is 4.74 Å². The summed E-state index contributed by atoms with van der Waals surface area (Å²) in [6, 6.07) is 0. The maximum absolute atomic E-state index is 12.5. The fourth-order valence-corrected chi connectivity index (χ4v) is 5.26. The number of ether oxygens (including phenoxy) is 1. The van der Waals surface area contributed by atoms with Gasteiger partial charge in [0.2, 0.25) is 0 Å². The van der Waals surface area contributed by atoms with Crippen LogP contribution < -0.4 is 0 Å². The van der Waals surface area contributed by atoms with Crippen LogP contribution in [-0.2, 0) is 14.3 Å². The molecule has 0 N–H and O–H groups in total. The van der Waals surface area contributed by atoms with Crippen LogP contribution in [0.5, 0.6) is 0 Å². The van der Waals surface area contributed by atoms with Crippen molar-refractivity contribution in [1.82, 2.24) is 0 Å². The van der Waals surface area contributed by atoms with Crippen molar-refractivity contribution in [3.05, 3.63) is 69.9 Å². The smallest absolute Gasteiger partial charge is 0.318 e. The number of cyclic esters (lactones) is 2. The second-order valence-electron chi connectivity index (χ2n) is 11.7. The SMILES string of the molecule is CC(C)=CCCC(C)=CCCC(C)=CCC1C=C(CCC=C(C)CCC=C(C)C)CC2C(=O)OC(=O)C12. The van der Waals surface area contributed by atoms with Crippen LogP contribution in [0.25, 0.3) is 0 Å². The Morgan fingerprint density at radius 3 is 1.81 bits per heavy atom. The molecule has 2 aliphatic rings. The van der Waals surface area contributed by atoms with E-state index in [1.54, 1.807) is 0 Å². The lowest BCUT2D eigenvalue weighted by molar-refractivity contribution is -0.154. The summed E-state index contributed by atoms with van der Waals surface area (Å²) in [7, 11) is 0. The van der Waals surface area contributed by atoms with E-state index in [-0.39, 0.29) is 29.7 Å². The fourth-order valence-electron chi connectivity index (χ4n) is 5.26. The maximum Gasteiger partial charge on any atom is 0.318 e. The third-order valence-corrected chi connectivity index (χ3v) is 7.51. The van der Waals surface area contributed by atoms with Gasteiger partial charge in [-0.3, -0.25) is 9.59 Å². The largest absolute Gasteiger partial charge is 0.393 e. The van der Waals surface area contributed by atoms with Gasteiger partial charge in [0.25, 0.3) is 0 Å². The molecule has 0 aromatic heterocycles. The molecule has 37 heavy (non-hydrogen) atoms. The molecule has 3 nitrogen and oxygen atoms in total. The molecule has 3 unspecified atom stereocenters. The minimum atomic E-state index is -0.328. The molecule has 204 valence electrons. The van der Waals surface area contributed by atoms with Crippen molar-refractivity contribution in [1.29, 1.82) is 0 Å². The lowest BCUT2D eigenvalue weighted by Gasteiger charge is -2.28. The Hall–Kier alpha value is -2.42. The number of carbonyl (C=O) groups is 2. The van der Waals surface area contributed by atoms with Gasteiger partial charge in [-0.2, -0.15) is 0 Å². The number of carbonyl (C=O) groups excluding carboxylic acids is 2. The average molecular weight is 507 g/mol. The maximum atomic E-state index is 12.5. The van der Waals surface area contributed by atoms with E-state index in [0.717, 1.165) is 57.8 Å². The summed E-state index contributed by atoms with van der Waals surface area (Å²) >= 11 is 0. The molecule has 2 rings (SSSR count). The van der Waals surface area contributed by atoms with Gasteiger partial charge in [-0.15, -0.1) is 0 Å². The van der Waals surface area contributed by atoms with Crippen molar-refractivity contribution in [2.45, 2.75) is 113 Å². The van der Waals surface area contributed by atoms with Crippen molar-refractivity contribution < 1.29 is 14.3 Å². The van der Waals surface area contributed by atoms with Crippen molar-refractivity contribution in [3.8, 4) is 0 Å². The Labute approximate surface area is 226 Å². The summed E-state index contributed by atoms with van der Waals surface area (Å²) in [5.74, 6) is -1.23. The van der Waals surface area contributed by atoms with Crippen molar-refractivity contribution in [3.63, 3.8) is 0 Å². The highest BCUT2D eigenvalue weighted by molar-refractivity contribution is 5.97. The van der Waals surface area contributed by atoms with Crippen molar-refractivity contribution in [2.75, 3.05) is 0 Å². The topological polar surface area (TPSA) is 43.4 Å². The predicted molar refractivity (Wildman–Crippen MR) is 156 cm³/mol. The molecule has 0 aromatic carbocycles. The first kappa shape index (κ1) is 30.8. The minimum Gasteiger partial charge on any atom is -0.393 e. The van der Waals surface area contributed by atoms with Crippen LogP contribution in [0.1, 0.15) is 113 Å². The average Bonchev–Trinajstić information content (AvgIpc) is 3.10. The molecule has 3 atom stereocenters. The molecule has 3 heteroatoms. The van der Waals surface area contributed by atoms with E-state index in [4.69, 9.17) is 4.74 Å². The zero-order valence-corrected chi connectivity index (χ0v) is 24.5. The van der Waals surface area contributed by atoms with Gasteiger partial charge in [-0.25, -0.2) is 0 Å². The number of esters is 2. The van der Waals surface area contributed by atoms with E-state index in [2.05, 4.69) is 84.9 Å². The van der Waals surface area contributed by atoms with Gasteiger partial charge in [-0.1, -0.05) is 69.9 Å². The number of fused-ring (bicyclic) bond motifs is 1. The summed E-state index contributed by atoms with van der Waals surface area (Å²) in [6.07, 6.45) is 23.7. The van der Waals surface area contributed by atoms with Gasteiger partial charge in [0.15, 0.2) is 0 Å². The Morgan fingerprint density at radius 2 is 1.24 bits per heavy atom.